The van der Waals surface area contributed by atoms with Gasteiger partial charge in [0.15, 0.2) is 9.84 Å². The number of sulfone groups is 1. The number of piperidine rings is 1. The molecule has 7 nitrogen and oxygen atoms in total. The maximum atomic E-state index is 12.3. The average Bonchev–Trinajstić information content (AvgIpc) is 2.58. The Morgan fingerprint density at radius 2 is 1.82 bits per heavy atom. The third kappa shape index (κ3) is 6.38. The van der Waals surface area contributed by atoms with Crippen LogP contribution in [0.5, 0.6) is 0 Å². The van der Waals surface area contributed by atoms with Crippen LogP contribution in [0.15, 0.2) is 23.1 Å². The van der Waals surface area contributed by atoms with Crippen molar-refractivity contribution in [2.45, 2.75) is 44.1 Å². The van der Waals surface area contributed by atoms with Crippen LogP contribution in [0.25, 0.3) is 0 Å². The van der Waals surface area contributed by atoms with Crippen LogP contribution in [-0.2, 0) is 19.3 Å². The van der Waals surface area contributed by atoms with Crippen molar-refractivity contribution in [3.8, 4) is 0 Å². The molecule has 0 spiro atoms. The Bertz CT molecular complexity index is 838. The zero-order chi connectivity index (χ0) is 21.1. The number of esters is 1. The molecule has 0 atom stereocenters. The normalized spacial score (nSPS) is 16.0. The largest absolute Gasteiger partial charge is 0.462 e. The Labute approximate surface area is 170 Å². The first-order valence-electron chi connectivity index (χ1n) is 9.01. The number of carbonyl (C=O) groups is 2. The monoisotopic (exact) mass is 431 g/mol. The van der Waals surface area contributed by atoms with Gasteiger partial charge >= 0.3 is 12.1 Å². The van der Waals surface area contributed by atoms with Gasteiger partial charge in [0.2, 0.25) is 0 Å². The quantitative estimate of drug-likeness (QED) is 0.677. The summed E-state index contributed by atoms with van der Waals surface area (Å²) in [5.74, 6) is -0.472. The van der Waals surface area contributed by atoms with Crippen LogP contribution in [0, 0.1) is 5.92 Å². The molecule has 1 aliphatic heterocycles. The number of nitrogens with zero attached hydrogens (tertiary/aromatic N) is 1. The van der Waals surface area contributed by atoms with E-state index >= 15 is 0 Å². The van der Waals surface area contributed by atoms with Gasteiger partial charge in [-0.05, 0) is 57.7 Å². The van der Waals surface area contributed by atoms with E-state index in [0.29, 0.717) is 25.9 Å². The number of amides is 1. The number of halogens is 1. The molecule has 1 amide bonds. The highest BCUT2D eigenvalue weighted by Gasteiger charge is 2.27. The van der Waals surface area contributed by atoms with E-state index in [4.69, 9.17) is 21.1 Å². The number of hydrogen-bond acceptors (Lipinski definition) is 6. The van der Waals surface area contributed by atoms with Crippen LogP contribution < -0.4 is 0 Å². The smallest absolute Gasteiger partial charge is 0.410 e. The molecule has 2 rings (SSSR count). The summed E-state index contributed by atoms with van der Waals surface area (Å²) < 4.78 is 34.2. The van der Waals surface area contributed by atoms with Crippen LogP contribution in [0.4, 0.5) is 4.79 Å². The van der Waals surface area contributed by atoms with Crippen LogP contribution >= 0.6 is 11.6 Å². The lowest BCUT2D eigenvalue weighted by atomic mass is 9.98. The van der Waals surface area contributed by atoms with Gasteiger partial charge in [0.05, 0.1) is 22.1 Å². The molecule has 1 fully saturated rings. The van der Waals surface area contributed by atoms with Gasteiger partial charge in [0.25, 0.3) is 0 Å². The minimum absolute atomic E-state index is 0.0635. The molecule has 156 valence electrons. The van der Waals surface area contributed by atoms with Gasteiger partial charge in [-0.25, -0.2) is 18.0 Å². The lowest BCUT2D eigenvalue weighted by molar-refractivity contribution is 0.0115. The molecule has 1 aliphatic rings. The summed E-state index contributed by atoms with van der Waals surface area (Å²) >= 11 is 5.89. The van der Waals surface area contributed by atoms with Crippen LogP contribution in [0.3, 0.4) is 0 Å². The van der Waals surface area contributed by atoms with Crippen LogP contribution in [0.2, 0.25) is 5.02 Å². The highest BCUT2D eigenvalue weighted by Crippen LogP contribution is 2.24. The van der Waals surface area contributed by atoms with Gasteiger partial charge in [0.1, 0.15) is 5.60 Å². The van der Waals surface area contributed by atoms with E-state index in [1.165, 1.54) is 18.2 Å². The predicted octanol–water partition coefficient (Wildman–Crippen LogP) is 3.55. The fourth-order valence-corrected chi connectivity index (χ4v) is 4.10. The molecule has 1 aromatic carbocycles. The second kappa shape index (κ2) is 8.69. The van der Waals surface area contributed by atoms with Gasteiger partial charge in [-0.2, -0.15) is 0 Å². The number of ether oxygens (including phenoxy) is 2. The van der Waals surface area contributed by atoms with Crippen molar-refractivity contribution in [3.05, 3.63) is 28.8 Å². The molecule has 0 radical (unpaired) electrons. The van der Waals surface area contributed by atoms with E-state index in [0.717, 1.165) is 6.26 Å². The Balaban J connectivity index is 1.87. The Morgan fingerprint density at radius 1 is 1.21 bits per heavy atom. The van der Waals surface area contributed by atoms with Gasteiger partial charge in [-0.3, -0.25) is 0 Å². The number of hydrogen-bond donors (Lipinski definition) is 0. The maximum Gasteiger partial charge on any atom is 0.410 e. The van der Waals surface area contributed by atoms with E-state index < -0.39 is 21.4 Å². The third-order valence-corrected chi connectivity index (χ3v) is 5.86. The summed E-state index contributed by atoms with van der Waals surface area (Å²) in [7, 11) is -3.54. The van der Waals surface area contributed by atoms with Crippen molar-refractivity contribution in [1.82, 2.24) is 4.90 Å². The summed E-state index contributed by atoms with van der Waals surface area (Å²) in [5, 5.41) is 0.0635. The second-order valence-corrected chi connectivity index (χ2v) is 10.3. The summed E-state index contributed by atoms with van der Waals surface area (Å²) in [6, 6.07) is 4.03. The zero-order valence-corrected chi connectivity index (χ0v) is 18.1. The summed E-state index contributed by atoms with van der Waals surface area (Å²) in [6.07, 6.45) is 2.09. The Morgan fingerprint density at radius 3 is 2.36 bits per heavy atom. The number of benzene rings is 1. The average molecular weight is 432 g/mol. The molecular weight excluding hydrogens is 406 g/mol. The minimum atomic E-state index is -3.54. The topological polar surface area (TPSA) is 90.0 Å². The summed E-state index contributed by atoms with van der Waals surface area (Å²) in [6.45, 7) is 6.75. The first-order chi connectivity index (χ1) is 12.9. The van der Waals surface area contributed by atoms with Crippen molar-refractivity contribution >= 4 is 33.5 Å². The van der Waals surface area contributed by atoms with Gasteiger partial charge in [-0.15, -0.1) is 0 Å². The molecule has 1 aromatic rings. The summed E-state index contributed by atoms with van der Waals surface area (Å²) in [4.78, 5) is 25.9. The molecule has 0 unspecified atom stereocenters. The second-order valence-electron chi connectivity index (χ2n) is 7.93. The number of rotatable bonds is 4. The van der Waals surface area contributed by atoms with E-state index in [1.807, 2.05) is 20.8 Å². The van der Waals surface area contributed by atoms with Crippen molar-refractivity contribution < 1.29 is 27.5 Å². The van der Waals surface area contributed by atoms with Gasteiger partial charge < -0.3 is 14.4 Å². The highest BCUT2D eigenvalue weighted by molar-refractivity contribution is 7.90. The molecule has 0 aromatic heterocycles. The maximum absolute atomic E-state index is 12.3. The van der Waals surface area contributed by atoms with Gasteiger partial charge in [-0.1, -0.05) is 11.6 Å². The molecule has 0 bridgehead atoms. The molecule has 1 heterocycles. The molecule has 9 heteroatoms. The standard InChI is InChI=1S/C19H26ClNO6S/c1-19(2,3)27-18(23)21-9-7-13(8-10-21)12-26-17(22)14-5-6-15(20)16(11-14)28(4,24)25/h5-6,11,13H,7-10,12H2,1-4H3. The predicted molar refractivity (Wildman–Crippen MR) is 105 cm³/mol. The van der Waals surface area contributed by atoms with Gasteiger partial charge in [0, 0.05) is 19.3 Å². The van der Waals surface area contributed by atoms with Crippen molar-refractivity contribution in [2.75, 3.05) is 26.0 Å². The number of likely N-dealkylation sites (tertiary alicyclic amines) is 1. The van der Waals surface area contributed by atoms with Crippen LogP contribution in [-0.4, -0.2) is 56.9 Å². The molecule has 1 saturated heterocycles. The van der Waals surface area contributed by atoms with Crippen LogP contribution in [0.1, 0.15) is 44.0 Å². The Kier molecular flexibility index (Phi) is 6.98. The minimum Gasteiger partial charge on any atom is -0.462 e. The zero-order valence-electron chi connectivity index (χ0n) is 16.5. The lowest BCUT2D eigenvalue weighted by Crippen LogP contribution is -2.42. The highest BCUT2D eigenvalue weighted by atomic mass is 35.5. The Hall–Kier alpha value is -1.80. The van der Waals surface area contributed by atoms with Crippen molar-refractivity contribution in [3.63, 3.8) is 0 Å². The first-order valence-corrected chi connectivity index (χ1v) is 11.3. The molecule has 0 aliphatic carbocycles. The molecule has 0 N–H and O–H groups in total. The fourth-order valence-electron chi connectivity index (χ4n) is 2.80. The van der Waals surface area contributed by atoms with E-state index in [1.54, 1.807) is 4.90 Å². The lowest BCUT2D eigenvalue weighted by Gasteiger charge is -2.33. The first kappa shape index (κ1) is 22.5. The summed E-state index contributed by atoms with van der Waals surface area (Å²) in [5.41, 5.74) is -0.400. The molecular formula is C19H26ClNO6S. The van der Waals surface area contributed by atoms with E-state index in [9.17, 15) is 18.0 Å². The van der Waals surface area contributed by atoms with E-state index in [2.05, 4.69) is 0 Å². The van der Waals surface area contributed by atoms with E-state index in [-0.39, 0.29) is 34.1 Å². The number of carbonyl (C=O) groups excluding carboxylic acids is 2. The molecule has 0 saturated carbocycles. The van der Waals surface area contributed by atoms with Crippen molar-refractivity contribution in [2.24, 2.45) is 5.92 Å². The van der Waals surface area contributed by atoms with Crippen molar-refractivity contribution in [1.29, 1.82) is 0 Å². The third-order valence-electron chi connectivity index (χ3n) is 4.28. The fraction of sp³-hybridized carbons (Fsp3) is 0.579. The molecule has 28 heavy (non-hydrogen) atoms. The SMILES string of the molecule is CC(C)(C)OC(=O)N1CCC(COC(=O)c2ccc(Cl)c(S(C)(=O)=O)c2)CC1.